The fraction of sp³-hybridized carbons (Fsp3) is 0.231. The van der Waals surface area contributed by atoms with E-state index < -0.39 is 0 Å². The number of amides is 2. The first kappa shape index (κ1) is 24.6. The first-order chi connectivity index (χ1) is 16.6. The number of benzene rings is 3. The van der Waals surface area contributed by atoms with Crippen LogP contribution in [0.4, 0.5) is 11.4 Å². The lowest BCUT2D eigenvalue weighted by Gasteiger charge is -2.13. The Morgan fingerprint density at radius 2 is 1.44 bits per heavy atom. The van der Waals surface area contributed by atoms with Crippen LogP contribution in [-0.4, -0.2) is 45.4 Å². The second kappa shape index (κ2) is 12.9. The summed E-state index contributed by atoms with van der Waals surface area (Å²) in [6.45, 7) is 3.10. The first-order valence-electron chi connectivity index (χ1n) is 10.9. The van der Waals surface area contributed by atoms with Crippen LogP contribution < -0.4 is 24.8 Å². The maximum atomic E-state index is 12.8. The minimum Gasteiger partial charge on any atom is -0.493 e. The highest BCUT2D eigenvalue weighted by Crippen LogP contribution is 2.26. The molecule has 178 valence electrons. The largest absolute Gasteiger partial charge is 0.493 e. The van der Waals surface area contributed by atoms with Gasteiger partial charge in [-0.05, 0) is 49.4 Å². The summed E-state index contributed by atoms with van der Waals surface area (Å²) in [6, 6.07) is 20.9. The zero-order valence-electron chi connectivity index (χ0n) is 19.2. The van der Waals surface area contributed by atoms with Crippen molar-refractivity contribution in [3.8, 4) is 17.2 Å². The average Bonchev–Trinajstić information content (AvgIpc) is 2.86. The van der Waals surface area contributed by atoms with Crippen LogP contribution in [0.25, 0.3) is 0 Å². The van der Waals surface area contributed by atoms with Crippen molar-refractivity contribution in [2.45, 2.75) is 6.92 Å². The summed E-state index contributed by atoms with van der Waals surface area (Å²) in [4.78, 5) is 25.2. The van der Waals surface area contributed by atoms with E-state index in [1.54, 1.807) is 66.7 Å². The SMILES string of the molecule is CCOCCOc1ccccc1C(=O)Nc1cccc(NC(=O)COc2ccccc2OC)c1. The molecule has 34 heavy (non-hydrogen) atoms. The molecular weight excluding hydrogens is 436 g/mol. The third kappa shape index (κ3) is 7.25. The molecule has 0 unspecified atom stereocenters. The molecule has 0 aliphatic rings. The fourth-order valence-electron chi connectivity index (χ4n) is 3.09. The fourth-order valence-corrected chi connectivity index (χ4v) is 3.09. The van der Waals surface area contributed by atoms with Crippen LogP contribution in [0.2, 0.25) is 0 Å². The summed E-state index contributed by atoms with van der Waals surface area (Å²) in [7, 11) is 1.54. The van der Waals surface area contributed by atoms with Gasteiger partial charge in [0.25, 0.3) is 11.8 Å². The summed E-state index contributed by atoms with van der Waals surface area (Å²) >= 11 is 0. The molecule has 3 aromatic rings. The van der Waals surface area contributed by atoms with E-state index in [2.05, 4.69) is 10.6 Å². The van der Waals surface area contributed by atoms with Gasteiger partial charge in [0.15, 0.2) is 18.1 Å². The molecule has 8 heteroatoms. The van der Waals surface area contributed by atoms with Crippen LogP contribution in [0, 0.1) is 0 Å². The lowest BCUT2D eigenvalue weighted by molar-refractivity contribution is -0.118. The third-order valence-electron chi connectivity index (χ3n) is 4.65. The number of anilines is 2. The average molecular weight is 465 g/mol. The highest BCUT2D eigenvalue weighted by Gasteiger charge is 2.13. The van der Waals surface area contributed by atoms with Gasteiger partial charge in [-0.25, -0.2) is 0 Å². The molecular formula is C26H28N2O6. The van der Waals surface area contributed by atoms with Crippen LogP contribution in [-0.2, 0) is 9.53 Å². The summed E-state index contributed by atoms with van der Waals surface area (Å²) in [5.41, 5.74) is 1.45. The van der Waals surface area contributed by atoms with Gasteiger partial charge in [0.2, 0.25) is 0 Å². The number of methoxy groups -OCH3 is 1. The highest BCUT2D eigenvalue weighted by atomic mass is 16.5. The van der Waals surface area contributed by atoms with E-state index in [1.807, 2.05) is 13.0 Å². The van der Waals surface area contributed by atoms with Crippen molar-refractivity contribution in [2.24, 2.45) is 0 Å². The Morgan fingerprint density at radius 3 is 2.18 bits per heavy atom. The smallest absolute Gasteiger partial charge is 0.262 e. The van der Waals surface area contributed by atoms with E-state index >= 15 is 0 Å². The maximum absolute atomic E-state index is 12.8. The quantitative estimate of drug-likeness (QED) is 0.386. The molecule has 8 nitrogen and oxygen atoms in total. The summed E-state index contributed by atoms with van der Waals surface area (Å²) in [5, 5.41) is 5.60. The molecule has 0 saturated heterocycles. The molecule has 0 aliphatic carbocycles. The topological polar surface area (TPSA) is 95.1 Å². The number of carbonyl (C=O) groups is 2. The molecule has 0 bridgehead atoms. The molecule has 3 rings (SSSR count). The van der Waals surface area contributed by atoms with Crippen molar-refractivity contribution in [1.82, 2.24) is 0 Å². The van der Waals surface area contributed by atoms with E-state index in [0.717, 1.165) is 0 Å². The molecule has 2 amide bonds. The summed E-state index contributed by atoms with van der Waals surface area (Å²) in [5.74, 6) is 0.820. The van der Waals surface area contributed by atoms with Crippen molar-refractivity contribution in [1.29, 1.82) is 0 Å². The number of hydrogen-bond donors (Lipinski definition) is 2. The maximum Gasteiger partial charge on any atom is 0.262 e. The van der Waals surface area contributed by atoms with E-state index in [4.69, 9.17) is 18.9 Å². The van der Waals surface area contributed by atoms with Gasteiger partial charge >= 0.3 is 0 Å². The van der Waals surface area contributed by atoms with Crippen molar-refractivity contribution in [3.63, 3.8) is 0 Å². The molecule has 0 aliphatic heterocycles. The zero-order valence-corrected chi connectivity index (χ0v) is 19.2. The molecule has 0 radical (unpaired) electrons. The van der Waals surface area contributed by atoms with Crippen LogP contribution in [0.5, 0.6) is 17.2 Å². The lowest BCUT2D eigenvalue weighted by atomic mass is 10.1. The second-order valence-electron chi connectivity index (χ2n) is 7.06. The van der Waals surface area contributed by atoms with Crippen molar-refractivity contribution < 1.29 is 28.5 Å². The minimum absolute atomic E-state index is 0.191. The molecule has 0 heterocycles. The van der Waals surface area contributed by atoms with Gasteiger partial charge in [0.1, 0.15) is 12.4 Å². The monoisotopic (exact) mass is 464 g/mol. The third-order valence-corrected chi connectivity index (χ3v) is 4.65. The predicted octanol–water partition coefficient (Wildman–Crippen LogP) is 4.38. The van der Waals surface area contributed by atoms with E-state index in [1.165, 1.54) is 7.11 Å². The Kier molecular flexibility index (Phi) is 9.30. The number of rotatable bonds is 12. The van der Waals surface area contributed by atoms with Crippen LogP contribution in [0.1, 0.15) is 17.3 Å². The van der Waals surface area contributed by atoms with E-state index in [9.17, 15) is 9.59 Å². The Labute approximate surface area is 198 Å². The van der Waals surface area contributed by atoms with Gasteiger partial charge in [0.05, 0.1) is 19.3 Å². The van der Waals surface area contributed by atoms with Crippen LogP contribution in [0.3, 0.4) is 0 Å². The Hall–Kier alpha value is -4.04. The summed E-state index contributed by atoms with van der Waals surface area (Å²) in [6.07, 6.45) is 0. The molecule has 0 atom stereocenters. The zero-order chi connectivity index (χ0) is 24.2. The van der Waals surface area contributed by atoms with Crippen LogP contribution in [0.15, 0.2) is 72.8 Å². The Bertz CT molecular complexity index is 1100. The van der Waals surface area contributed by atoms with Gasteiger partial charge in [-0.2, -0.15) is 0 Å². The Balaban J connectivity index is 1.58. The number of ether oxygens (including phenoxy) is 4. The number of carbonyl (C=O) groups excluding carboxylic acids is 2. The number of hydrogen-bond acceptors (Lipinski definition) is 6. The predicted molar refractivity (Wildman–Crippen MR) is 130 cm³/mol. The molecule has 0 fully saturated rings. The van der Waals surface area contributed by atoms with E-state index in [-0.39, 0.29) is 18.4 Å². The van der Waals surface area contributed by atoms with E-state index in [0.29, 0.717) is 54.0 Å². The molecule has 0 saturated carbocycles. The standard InChI is InChI=1S/C26H28N2O6/c1-3-32-15-16-33-22-12-5-4-11-21(22)26(30)28-20-10-8-9-19(17-20)27-25(29)18-34-24-14-7-6-13-23(24)31-2/h4-14,17H,3,15-16,18H2,1-2H3,(H,27,29)(H,28,30). The molecule has 2 N–H and O–H groups in total. The first-order valence-corrected chi connectivity index (χ1v) is 10.9. The van der Waals surface area contributed by atoms with Crippen molar-refractivity contribution in [3.05, 3.63) is 78.4 Å². The number of para-hydroxylation sites is 3. The van der Waals surface area contributed by atoms with Gasteiger partial charge in [-0.3, -0.25) is 9.59 Å². The number of nitrogens with one attached hydrogen (secondary N) is 2. The van der Waals surface area contributed by atoms with Gasteiger partial charge < -0.3 is 29.6 Å². The molecule has 0 aromatic heterocycles. The molecule has 3 aromatic carbocycles. The Morgan fingerprint density at radius 1 is 0.765 bits per heavy atom. The van der Waals surface area contributed by atoms with Gasteiger partial charge in [-0.1, -0.05) is 30.3 Å². The van der Waals surface area contributed by atoms with Gasteiger partial charge in [0, 0.05) is 18.0 Å². The summed E-state index contributed by atoms with van der Waals surface area (Å²) < 4.78 is 21.7. The normalized spacial score (nSPS) is 10.3. The highest BCUT2D eigenvalue weighted by molar-refractivity contribution is 6.06. The minimum atomic E-state index is -0.345. The second-order valence-corrected chi connectivity index (χ2v) is 7.06. The lowest BCUT2D eigenvalue weighted by Crippen LogP contribution is -2.20. The van der Waals surface area contributed by atoms with Crippen LogP contribution >= 0.6 is 0 Å². The van der Waals surface area contributed by atoms with Gasteiger partial charge in [-0.15, -0.1) is 0 Å². The van der Waals surface area contributed by atoms with Crippen molar-refractivity contribution >= 4 is 23.2 Å². The van der Waals surface area contributed by atoms with Crippen molar-refractivity contribution in [2.75, 3.05) is 44.2 Å². The molecule has 0 spiro atoms.